The fraction of sp³-hybridized carbons (Fsp3) is 0.800. The third-order valence-electron chi connectivity index (χ3n) is 5.95. The Morgan fingerprint density at radius 3 is 2.20 bits per heavy atom. The Morgan fingerprint density at radius 2 is 1.64 bits per heavy atom. The number of amides is 2. The molecule has 2 unspecified atom stereocenters. The number of allylic oxidation sites excluding steroid dienone is 2. The number of nitrogens with zero attached hydrogens (tertiary/aromatic N) is 1. The topological polar surface area (TPSA) is 61.4 Å². The minimum Gasteiger partial charge on any atom is -0.353 e. The number of carbonyl (C=O) groups is 2. The lowest BCUT2D eigenvalue weighted by Gasteiger charge is -2.32. The fourth-order valence-corrected chi connectivity index (χ4v) is 4.08. The van der Waals surface area contributed by atoms with Crippen LogP contribution in [0.25, 0.3) is 0 Å². The van der Waals surface area contributed by atoms with E-state index in [9.17, 15) is 9.59 Å². The maximum atomic E-state index is 12.7. The van der Waals surface area contributed by atoms with Gasteiger partial charge in [-0.2, -0.15) is 0 Å². The van der Waals surface area contributed by atoms with E-state index in [1.807, 2.05) is 0 Å². The van der Waals surface area contributed by atoms with Gasteiger partial charge in [0.25, 0.3) is 0 Å². The summed E-state index contributed by atoms with van der Waals surface area (Å²) in [4.78, 5) is 26.7. The highest BCUT2D eigenvalue weighted by Gasteiger charge is 2.60. The van der Waals surface area contributed by atoms with Gasteiger partial charge in [-0.15, -0.1) is 0 Å². The molecular weight excluding hydrogens is 314 g/mol. The quantitative estimate of drug-likeness (QED) is 0.723. The van der Waals surface area contributed by atoms with Crippen LogP contribution in [-0.2, 0) is 9.59 Å². The molecule has 3 rings (SSSR count). The van der Waals surface area contributed by atoms with E-state index in [0.29, 0.717) is 18.5 Å². The Balaban J connectivity index is 1.40. The first-order chi connectivity index (χ1) is 11.8. The summed E-state index contributed by atoms with van der Waals surface area (Å²) >= 11 is 0. The SMILES string of the molecule is CC(C)=CC1C(C(=O)NC2CCN(CC(=O)NC3CC3)CC2)C1(C)C. The van der Waals surface area contributed by atoms with E-state index in [0.717, 1.165) is 38.8 Å². The van der Waals surface area contributed by atoms with Crippen LogP contribution in [-0.4, -0.2) is 48.4 Å². The molecule has 5 heteroatoms. The van der Waals surface area contributed by atoms with Crippen molar-refractivity contribution in [3.8, 4) is 0 Å². The Labute approximate surface area is 151 Å². The Kier molecular flexibility index (Phi) is 5.24. The second kappa shape index (κ2) is 7.10. The first-order valence-electron chi connectivity index (χ1n) is 9.74. The van der Waals surface area contributed by atoms with Crippen LogP contribution in [0.5, 0.6) is 0 Å². The zero-order valence-corrected chi connectivity index (χ0v) is 16.1. The van der Waals surface area contributed by atoms with Gasteiger partial charge < -0.3 is 10.6 Å². The molecule has 3 fully saturated rings. The van der Waals surface area contributed by atoms with Gasteiger partial charge in [-0.1, -0.05) is 25.5 Å². The van der Waals surface area contributed by atoms with Crippen molar-refractivity contribution < 1.29 is 9.59 Å². The number of likely N-dealkylation sites (tertiary alicyclic amines) is 1. The summed E-state index contributed by atoms with van der Waals surface area (Å²) in [5.41, 5.74) is 1.36. The number of piperidine rings is 1. The number of hydrogen-bond acceptors (Lipinski definition) is 3. The van der Waals surface area contributed by atoms with E-state index >= 15 is 0 Å². The Bertz CT molecular complexity index is 553. The summed E-state index contributed by atoms with van der Waals surface area (Å²) in [5.74, 6) is 0.820. The molecule has 1 heterocycles. The molecule has 1 aliphatic heterocycles. The molecule has 1 saturated heterocycles. The van der Waals surface area contributed by atoms with Crippen molar-refractivity contribution in [3.63, 3.8) is 0 Å². The zero-order valence-electron chi connectivity index (χ0n) is 16.1. The molecule has 25 heavy (non-hydrogen) atoms. The number of hydrogen-bond donors (Lipinski definition) is 2. The summed E-state index contributed by atoms with van der Waals surface area (Å²) in [7, 11) is 0. The Hall–Kier alpha value is -1.36. The lowest BCUT2D eigenvalue weighted by Crippen LogP contribution is -2.48. The van der Waals surface area contributed by atoms with Crippen LogP contribution in [0.3, 0.4) is 0 Å². The van der Waals surface area contributed by atoms with E-state index in [1.54, 1.807) is 0 Å². The zero-order chi connectivity index (χ0) is 18.2. The first kappa shape index (κ1) is 18.4. The standard InChI is InChI=1S/C20H33N3O2/c1-13(2)11-16-18(20(16,3)4)19(25)22-15-7-9-23(10-8-15)12-17(24)21-14-5-6-14/h11,14-16,18H,5-10,12H2,1-4H3,(H,21,24)(H,22,25). The molecule has 0 bridgehead atoms. The van der Waals surface area contributed by atoms with Crippen molar-refractivity contribution >= 4 is 11.8 Å². The highest BCUT2D eigenvalue weighted by Crippen LogP contribution is 2.59. The highest BCUT2D eigenvalue weighted by atomic mass is 16.2. The predicted molar refractivity (Wildman–Crippen MR) is 99.0 cm³/mol. The summed E-state index contributed by atoms with van der Waals surface area (Å²) < 4.78 is 0. The van der Waals surface area contributed by atoms with E-state index in [4.69, 9.17) is 0 Å². The molecule has 0 spiro atoms. The molecule has 2 aliphatic carbocycles. The average Bonchev–Trinajstić information content (AvgIpc) is 3.40. The second-order valence-electron chi connectivity index (χ2n) is 8.97. The molecule has 2 amide bonds. The molecule has 2 N–H and O–H groups in total. The van der Waals surface area contributed by atoms with Crippen molar-refractivity contribution in [1.82, 2.24) is 15.5 Å². The lowest BCUT2D eigenvalue weighted by molar-refractivity contribution is -0.125. The van der Waals surface area contributed by atoms with E-state index in [2.05, 4.69) is 49.3 Å². The maximum absolute atomic E-state index is 12.7. The number of nitrogens with one attached hydrogen (secondary N) is 2. The third kappa shape index (κ3) is 4.63. The summed E-state index contributed by atoms with van der Waals surface area (Å²) in [5, 5.41) is 6.30. The van der Waals surface area contributed by atoms with Crippen molar-refractivity contribution in [1.29, 1.82) is 0 Å². The Morgan fingerprint density at radius 1 is 1.04 bits per heavy atom. The van der Waals surface area contributed by atoms with Crippen LogP contribution in [0.2, 0.25) is 0 Å². The van der Waals surface area contributed by atoms with Crippen LogP contribution < -0.4 is 10.6 Å². The van der Waals surface area contributed by atoms with Crippen LogP contribution in [0.15, 0.2) is 11.6 Å². The predicted octanol–water partition coefficient (Wildman–Crippen LogP) is 2.08. The highest BCUT2D eigenvalue weighted by molar-refractivity contribution is 5.84. The second-order valence-corrected chi connectivity index (χ2v) is 8.97. The molecule has 0 aromatic carbocycles. The number of rotatable bonds is 6. The normalized spacial score (nSPS) is 29.0. The van der Waals surface area contributed by atoms with E-state index in [1.165, 1.54) is 5.57 Å². The third-order valence-corrected chi connectivity index (χ3v) is 5.95. The van der Waals surface area contributed by atoms with Crippen LogP contribution in [0, 0.1) is 17.3 Å². The molecule has 2 saturated carbocycles. The molecule has 5 nitrogen and oxygen atoms in total. The van der Waals surface area contributed by atoms with Gasteiger partial charge in [-0.25, -0.2) is 0 Å². The van der Waals surface area contributed by atoms with Gasteiger partial charge in [-0.3, -0.25) is 14.5 Å². The van der Waals surface area contributed by atoms with Crippen LogP contribution in [0.4, 0.5) is 0 Å². The molecule has 0 aromatic heterocycles. The van der Waals surface area contributed by atoms with E-state index in [-0.39, 0.29) is 29.2 Å². The molecule has 0 radical (unpaired) electrons. The minimum atomic E-state index is 0.0724. The van der Waals surface area contributed by atoms with Crippen LogP contribution in [0.1, 0.15) is 53.4 Å². The summed E-state index contributed by atoms with van der Waals surface area (Å²) in [6.07, 6.45) is 6.37. The summed E-state index contributed by atoms with van der Waals surface area (Å²) in [6, 6.07) is 0.680. The van der Waals surface area contributed by atoms with Crippen molar-refractivity contribution in [2.75, 3.05) is 19.6 Å². The molecular formula is C20H33N3O2. The van der Waals surface area contributed by atoms with Crippen molar-refractivity contribution in [3.05, 3.63) is 11.6 Å². The van der Waals surface area contributed by atoms with Gasteiger partial charge in [0.1, 0.15) is 0 Å². The fourth-order valence-electron chi connectivity index (χ4n) is 4.08. The van der Waals surface area contributed by atoms with Gasteiger partial charge in [0.15, 0.2) is 0 Å². The van der Waals surface area contributed by atoms with Gasteiger partial charge in [-0.05, 0) is 50.9 Å². The van der Waals surface area contributed by atoms with Crippen molar-refractivity contribution in [2.45, 2.75) is 65.5 Å². The van der Waals surface area contributed by atoms with Gasteiger partial charge in [0.2, 0.25) is 11.8 Å². The number of carbonyl (C=O) groups excluding carboxylic acids is 2. The van der Waals surface area contributed by atoms with Gasteiger partial charge >= 0.3 is 0 Å². The monoisotopic (exact) mass is 347 g/mol. The largest absolute Gasteiger partial charge is 0.353 e. The first-order valence-corrected chi connectivity index (χ1v) is 9.74. The smallest absolute Gasteiger partial charge is 0.234 e. The molecule has 0 aromatic rings. The summed E-state index contributed by atoms with van der Waals surface area (Å²) in [6.45, 7) is 10.8. The maximum Gasteiger partial charge on any atom is 0.234 e. The molecule has 2 atom stereocenters. The lowest BCUT2D eigenvalue weighted by atomic mass is 10.0. The molecule has 140 valence electrons. The average molecular weight is 348 g/mol. The van der Waals surface area contributed by atoms with Crippen molar-refractivity contribution in [2.24, 2.45) is 17.3 Å². The van der Waals surface area contributed by atoms with Gasteiger partial charge in [0, 0.05) is 25.2 Å². The van der Waals surface area contributed by atoms with Gasteiger partial charge in [0.05, 0.1) is 12.5 Å². The minimum absolute atomic E-state index is 0.0724. The van der Waals surface area contributed by atoms with E-state index < -0.39 is 0 Å². The van der Waals surface area contributed by atoms with Crippen LogP contribution >= 0.6 is 0 Å². The molecule has 3 aliphatic rings.